The Kier molecular flexibility index (Phi) is 5.40. The molecule has 1 atom stereocenters. The average molecular weight is 357 g/mol. The van der Waals surface area contributed by atoms with Crippen molar-refractivity contribution >= 4 is 10.0 Å². The SMILES string of the molecule is COc1ccc([C@@H](C)NS(=O)(=O)c2cc(F)ccc2F)cc1OC. The Morgan fingerprint density at radius 2 is 1.67 bits per heavy atom. The molecule has 0 bridgehead atoms. The summed E-state index contributed by atoms with van der Waals surface area (Å²) in [4.78, 5) is -0.741. The molecule has 0 aliphatic carbocycles. The number of halogens is 2. The summed E-state index contributed by atoms with van der Waals surface area (Å²) in [5, 5.41) is 0. The first-order chi connectivity index (χ1) is 11.3. The molecule has 0 amide bonds. The van der Waals surface area contributed by atoms with Gasteiger partial charge in [0.05, 0.1) is 14.2 Å². The predicted molar refractivity (Wildman–Crippen MR) is 84.6 cm³/mol. The second kappa shape index (κ2) is 7.14. The molecule has 0 unspecified atom stereocenters. The van der Waals surface area contributed by atoms with Crippen LogP contribution in [0.5, 0.6) is 11.5 Å². The number of hydrogen-bond acceptors (Lipinski definition) is 4. The number of rotatable bonds is 6. The maximum Gasteiger partial charge on any atom is 0.244 e. The Labute approximate surface area is 139 Å². The van der Waals surface area contributed by atoms with Crippen LogP contribution in [0.15, 0.2) is 41.3 Å². The molecule has 130 valence electrons. The first kappa shape index (κ1) is 18.2. The highest BCUT2D eigenvalue weighted by atomic mass is 32.2. The van der Waals surface area contributed by atoms with Gasteiger partial charge in [-0.3, -0.25) is 0 Å². The van der Waals surface area contributed by atoms with Crippen LogP contribution < -0.4 is 14.2 Å². The highest BCUT2D eigenvalue weighted by Crippen LogP contribution is 2.30. The van der Waals surface area contributed by atoms with Gasteiger partial charge in [0, 0.05) is 6.04 Å². The minimum atomic E-state index is -4.23. The predicted octanol–water partition coefficient (Wildman–Crippen LogP) is 3.02. The van der Waals surface area contributed by atoms with Crippen molar-refractivity contribution in [3.05, 3.63) is 53.6 Å². The van der Waals surface area contributed by atoms with Gasteiger partial charge in [0.1, 0.15) is 16.5 Å². The van der Waals surface area contributed by atoms with Crippen LogP contribution >= 0.6 is 0 Å². The van der Waals surface area contributed by atoms with Crippen LogP contribution in [0.4, 0.5) is 8.78 Å². The van der Waals surface area contributed by atoms with E-state index in [0.29, 0.717) is 23.1 Å². The standard InChI is InChI=1S/C16H17F2NO4S/c1-10(11-4-7-14(22-2)15(8-11)23-3)19-24(20,21)16-9-12(17)5-6-13(16)18/h4-10,19H,1-3H3/t10-/m1/s1. The molecule has 0 aliphatic rings. The highest BCUT2D eigenvalue weighted by molar-refractivity contribution is 7.89. The van der Waals surface area contributed by atoms with Gasteiger partial charge in [-0.15, -0.1) is 0 Å². The molecule has 0 spiro atoms. The summed E-state index contributed by atoms with van der Waals surface area (Å²) in [6.45, 7) is 1.58. The summed E-state index contributed by atoms with van der Waals surface area (Å²) >= 11 is 0. The van der Waals surface area contributed by atoms with Crippen LogP contribution in [-0.2, 0) is 10.0 Å². The van der Waals surface area contributed by atoms with Crippen molar-refractivity contribution in [2.45, 2.75) is 17.9 Å². The molecule has 24 heavy (non-hydrogen) atoms. The van der Waals surface area contributed by atoms with E-state index in [2.05, 4.69) is 4.72 Å². The molecule has 2 rings (SSSR count). The Bertz CT molecular complexity index is 840. The molecule has 0 saturated heterocycles. The lowest BCUT2D eigenvalue weighted by molar-refractivity contribution is 0.354. The van der Waals surface area contributed by atoms with E-state index in [0.717, 1.165) is 12.1 Å². The van der Waals surface area contributed by atoms with E-state index in [-0.39, 0.29) is 0 Å². The minimum absolute atomic E-state index is 0.429. The zero-order chi connectivity index (χ0) is 17.9. The first-order valence-electron chi connectivity index (χ1n) is 6.98. The van der Waals surface area contributed by atoms with E-state index in [9.17, 15) is 17.2 Å². The van der Waals surface area contributed by atoms with E-state index < -0.39 is 32.6 Å². The number of hydrogen-bond donors (Lipinski definition) is 1. The molecule has 8 heteroatoms. The van der Waals surface area contributed by atoms with E-state index in [4.69, 9.17) is 9.47 Å². The maximum atomic E-state index is 13.7. The second-order valence-corrected chi connectivity index (χ2v) is 6.71. The fourth-order valence-corrected chi connectivity index (χ4v) is 3.49. The van der Waals surface area contributed by atoms with Gasteiger partial charge in [-0.2, -0.15) is 0 Å². The van der Waals surface area contributed by atoms with Gasteiger partial charge in [-0.25, -0.2) is 21.9 Å². The lowest BCUT2D eigenvalue weighted by Crippen LogP contribution is -2.27. The third-order valence-electron chi connectivity index (χ3n) is 3.42. The topological polar surface area (TPSA) is 64.6 Å². The van der Waals surface area contributed by atoms with Gasteiger partial charge in [-0.1, -0.05) is 6.07 Å². The Morgan fingerprint density at radius 3 is 2.29 bits per heavy atom. The number of methoxy groups -OCH3 is 2. The molecule has 0 heterocycles. The average Bonchev–Trinajstić information content (AvgIpc) is 2.55. The minimum Gasteiger partial charge on any atom is -0.493 e. The number of benzene rings is 2. The van der Waals surface area contributed by atoms with Gasteiger partial charge in [-0.05, 0) is 42.8 Å². The van der Waals surface area contributed by atoms with Crippen molar-refractivity contribution in [1.82, 2.24) is 4.72 Å². The van der Waals surface area contributed by atoms with E-state index >= 15 is 0 Å². The van der Waals surface area contributed by atoms with Crippen LogP contribution in [0.2, 0.25) is 0 Å². The van der Waals surface area contributed by atoms with Crippen LogP contribution in [-0.4, -0.2) is 22.6 Å². The zero-order valence-corrected chi connectivity index (χ0v) is 14.2. The first-order valence-corrected chi connectivity index (χ1v) is 8.46. The van der Waals surface area contributed by atoms with Gasteiger partial charge in [0.25, 0.3) is 0 Å². The van der Waals surface area contributed by atoms with Crippen molar-refractivity contribution in [2.24, 2.45) is 0 Å². The molecule has 0 aliphatic heterocycles. The molecule has 5 nitrogen and oxygen atoms in total. The largest absolute Gasteiger partial charge is 0.493 e. The summed E-state index contributed by atoms with van der Waals surface area (Å²) in [6.07, 6.45) is 0. The molecular weight excluding hydrogens is 340 g/mol. The van der Waals surface area contributed by atoms with Crippen LogP contribution in [0.1, 0.15) is 18.5 Å². The van der Waals surface area contributed by atoms with Crippen LogP contribution in [0.25, 0.3) is 0 Å². The summed E-state index contributed by atoms with van der Waals surface area (Å²) in [7, 11) is -1.29. The second-order valence-electron chi connectivity index (χ2n) is 5.03. The van der Waals surface area contributed by atoms with Gasteiger partial charge in [0.15, 0.2) is 11.5 Å². The molecule has 1 N–H and O–H groups in total. The number of ether oxygens (including phenoxy) is 2. The highest BCUT2D eigenvalue weighted by Gasteiger charge is 2.23. The smallest absolute Gasteiger partial charge is 0.244 e. The quantitative estimate of drug-likeness (QED) is 0.863. The zero-order valence-electron chi connectivity index (χ0n) is 13.3. The fourth-order valence-electron chi connectivity index (χ4n) is 2.17. The Balaban J connectivity index is 2.31. The molecule has 0 fully saturated rings. The third-order valence-corrected chi connectivity index (χ3v) is 4.98. The Hall–Kier alpha value is -2.19. The molecule has 2 aromatic rings. The number of sulfonamides is 1. The van der Waals surface area contributed by atoms with Crippen molar-refractivity contribution in [1.29, 1.82) is 0 Å². The molecule has 0 aromatic heterocycles. The normalized spacial score (nSPS) is 12.7. The van der Waals surface area contributed by atoms with Crippen molar-refractivity contribution in [3.63, 3.8) is 0 Å². The monoisotopic (exact) mass is 357 g/mol. The molecule has 0 saturated carbocycles. The van der Waals surface area contributed by atoms with Gasteiger partial charge < -0.3 is 9.47 Å². The van der Waals surface area contributed by atoms with E-state index in [1.54, 1.807) is 25.1 Å². The molecule has 2 aromatic carbocycles. The summed E-state index contributed by atoms with van der Waals surface area (Å²) in [5.41, 5.74) is 0.577. The van der Waals surface area contributed by atoms with E-state index in [1.807, 2.05) is 0 Å². The lowest BCUT2D eigenvalue weighted by Gasteiger charge is -2.17. The van der Waals surface area contributed by atoms with Gasteiger partial charge in [0.2, 0.25) is 10.0 Å². The summed E-state index contributed by atoms with van der Waals surface area (Å²) < 4.78 is 64.1. The maximum absolute atomic E-state index is 13.7. The van der Waals surface area contributed by atoms with E-state index in [1.165, 1.54) is 14.2 Å². The summed E-state index contributed by atoms with van der Waals surface area (Å²) in [6, 6.07) is 6.44. The van der Waals surface area contributed by atoms with Crippen molar-refractivity contribution in [2.75, 3.05) is 14.2 Å². The molecule has 0 radical (unpaired) electrons. The van der Waals surface area contributed by atoms with Crippen LogP contribution in [0, 0.1) is 11.6 Å². The van der Waals surface area contributed by atoms with Crippen molar-refractivity contribution in [3.8, 4) is 11.5 Å². The summed E-state index contributed by atoms with van der Waals surface area (Å²) in [5.74, 6) is -0.940. The van der Waals surface area contributed by atoms with Crippen LogP contribution in [0.3, 0.4) is 0 Å². The number of nitrogens with one attached hydrogen (secondary N) is 1. The Morgan fingerprint density at radius 1 is 1.00 bits per heavy atom. The lowest BCUT2D eigenvalue weighted by atomic mass is 10.1. The fraction of sp³-hybridized carbons (Fsp3) is 0.250. The van der Waals surface area contributed by atoms with Gasteiger partial charge >= 0.3 is 0 Å². The third kappa shape index (κ3) is 3.82. The van der Waals surface area contributed by atoms with Crippen molar-refractivity contribution < 1.29 is 26.7 Å². The molecular formula is C16H17F2NO4S.